The smallest absolute Gasteiger partial charge is 0.379 e. The first-order valence-electron chi connectivity index (χ1n) is 7.07. The Kier molecular flexibility index (Phi) is 5.25. The van der Waals surface area contributed by atoms with Crippen LogP contribution in [-0.2, 0) is 14.3 Å². The topological polar surface area (TPSA) is 69.7 Å². The van der Waals surface area contributed by atoms with Crippen molar-refractivity contribution in [2.24, 2.45) is 0 Å². The summed E-state index contributed by atoms with van der Waals surface area (Å²) in [6, 6.07) is 13.4. The molecule has 0 amide bonds. The van der Waals surface area contributed by atoms with Crippen LogP contribution in [0.5, 0.6) is 0 Å². The van der Waals surface area contributed by atoms with Gasteiger partial charge in [0.05, 0.1) is 19.3 Å². The molecule has 5 nitrogen and oxygen atoms in total. The Morgan fingerprint density at radius 2 is 1.61 bits per heavy atom. The first kappa shape index (κ1) is 16.4. The van der Waals surface area contributed by atoms with Crippen LogP contribution in [0, 0.1) is 0 Å². The van der Waals surface area contributed by atoms with Crippen molar-refractivity contribution in [3.8, 4) is 11.1 Å². The highest BCUT2D eigenvalue weighted by molar-refractivity contribution is 6.41. The van der Waals surface area contributed by atoms with Crippen molar-refractivity contribution in [3.05, 3.63) is 59.7 Å². The summed E-state index contributed by atoms with van der Waals surface area (Å²) < 4.78 is 9.41. The number of benzene rings is 2. The van der Waals surface area contributed by atoms with E-state index in [0.717, 1.165) is 0 Å². The van der Waals surface area contributed by atoms with Crippen molar-refractivity contribution in [1.82, 2.24) is 0 Å². The van der Waals surface area contributed by atoms with Crippen molar-refractivity contribution >= 4 is 17.7 Å². The fourth-order valence-corrected chi connectivity index (χ4v) is 2.14. The standard InChI is InChI=1S/C18H16O5/c1-3-23-18(21)16(19)15-7-5-4-6-14(15)12-8-10-13(11-9-12)17(20)22-2/h4-11H,3H2,1-2H3. The molecule has 5 heteroatoms. The zero-order valence-electron chi connectivity index (χ0n) is 12.9. The van der Waals surface area contributed by atoms with Crippen LogP contribution < -0.4 is 0 Å². The molecule has 0 unspecified atom stereocenters. The number of carbonyl (C=O) groups excluding carboxylic acids is 3. The average Bonchev–Trinajstić information content (AvgIpc) is 2.60. The maximum atomic E-state index is 12.2. The van der Waals surface area contributed by atoms with E-state index in [0.29, 0.717) is 16.7 Å². The molecule has 0 fully saturated rings. The number of hydrogen-bond acceptors (Lipinski definition) is 5. The van der Waals surface area contributed by atoms with Crippen molar-refractivity contribution in [1.29, 1.82) is 0 Å². The zero-order chi connectivity index (χ0) is 16.8. The van der Waals surface area contributed by atoms with E-state index >= 15 is 0 Å². The Morgan fingerprint density at radius 3 is 2.22 bits per heavy atom. The summed E-state index contributed by atoms with van der Waals surface area (Å²) in [5.41, 5.74) is 1.98. The molecule has 0 radical (unpaired) electrons. The SMILES string of the molecule is CCOC(=O)C(=O)c1ccccc1-c1ccc(C(=O)OC)cc1. The van der Waals surface area contributed by atoms with Crippen LogP contribution in [0.3, 0.4) is 0 Å². The van der Waals surface area contributed by atoms with Gasteiger partial charge in [0.2, 0.25) is 0 Å². The zero-order valence-corrected chi connectivity index (χ0v) is 12.9. The summed E-state index contributed by atoms with van der Waals surface area (Å²) >= 11 is 0. The third-order valence-corrected chi connectivity index (χ3v) is 3.25. The van der Waals surface area contributed by atoms with Gasteiger partial charge in [0, 0.05) is 5.56 Å². The van der Waals surface area contributed by atoms with Crippen molar-refractivity contribution in [2.45, 2.75) is 6.92 Å². The van der Waals surface area contributed by atoms with Crippen LogP contribution in [-0.4, -0.2) is 31.4 Å². The van der Waals surface area contributed by atoms with E-state index in [1.54, 1.807) is 55.5 Å². The number of ketones is 1. The third-order valence-electron chi connectivity index (χ3n) is 3.25. The van der Waals surface area contributed by atoms with Crippen molar-refractivity contribution in [2.75, 3.05) is 13.7 Å². The van der Waals surface area contributed by atoms with E-state index in [2.05, 4.69) is 4.74 Å². The Hall–Kier alpha value is -2.95. The highest BCUT2D eigenvalue weighted by atomic mass is 16.5. The molecule has 118 valence electrons. The highest BCUT2D eigenvalue weighted by Crippen LogP contribution is 2.25. The Labute approximate surface area is 133 Å². The summed E-state index contributed by atoms with van der Waals surface area (Å²) in [4.78, 5) is 35.3. The molecule has 0 saturated carbocycles. The lowest BCUT2D eigenvalue weighted by Crippen LogP contribution is -2.18. The van der Waals surface area contributed by atoms with E-state index in [9.17, 15) is 14.4 Å². The fraction of sp³-hybridized carbons (Fsp3) is 0.167. The number of methoxy groups -OCH3 is 1. The monoisotopic (exact) mass is 312 g/mol. The van der Waals surface area contributed by atoms with E-state index in [1.807, 2.05) is 0 Å². The van der Waals surface area contributed by atoms with Gasteiger partial charge in [-0.2, -0.15) is 0 Å². The number of ether oxygens (including phenoxy) is 2. The lowest BCUT2D eigenvalue weighted by Gasteiger charge is -2.09. The van der Waals surface area contributed by atoms with Crippen LogP contribution in [0.1, 0.15) is 27.6 Å². The second-order valence-electron chi connectivity index (χ2n) is 4.66. The second-order valence-corrected chi connectivity index (χ2v) is 4.66. The van der Waals surface area contributed by atoms with Gasteiger partial charge in [-0.1, -0.05) is 36.4 Å². The van der Waals surface area contributed by atoms with Gasteiger partial charge < -0.3 is 9.47 Å². The molecule has 0 aromatic heterocycles. The molecule has 2 rings (SSSR count). The van der Waals surface area contributed by atoms with Crippen LogP contribution in [0.25, 0.3) is 11.1 Å². The number of esters is 2. The summed E-state index contributed by atoms with van der Waals surface area (Å²) in [6.45, 7) is 1.78. The maximum absolute atomic E-state index is 12.2. The van der Waals surface area contributed by atoms with Crippen molar-refractivity contribution in [3.63, 3.8) is 0 Å². The first-order valence-corrected chi connectivity index (χ1v) is 7.07. The number of rotatable bonds is 5. The molecule has 0 aliphatic carbocycles. The first-order chi connectivity index (χ1) is 11.1. The predicted octanol–water partition coefficient (Wildman–Crippen LogP) is 2.89. The largest absolute Gasteiger partial charge is 0.465 e. The van der Waals surface area contributed by atoms with E-state index < -0.39 is 17.7 Å². The van der Waals surface area contributed by atoms with Gasteiger partial charge in [-0.05, 0) is 30.2 Å². The Balaban J connectivity index is 2.39. The minimum atomic E-state index is -0.883. The Bertz CT molecular complexity index is 731. The molecule has 2 aromatic rings. The third kappa shape index (κ3) is 3.63. The van der Waals surface area contributed by atoms with Gasteiger partial charge in [0.1, 0.15) is 0 Å². The minimum absolute atomic E-state index is 0.139. The molecule has 0 N–H and O–H groups in total. The van der Waals surface area contributed by atoms with Crippen LogP contribution in [0.15, 0.2) is 48.5 Å². The molecule has 0 atom stereocenters. The maximum Gasteiger partial charge on any atom is 0.379 e. The summed E-state index contributed by atoms with van der Waals surface area (Å²) in [5, 5.41) is 0. The van der Waals surface area contributed by atoms with Gasteiger partial charge in [-0.3, -0.25) is 4.79 Å². The fourth-order valence-electron chi connectivity index (χ4n) is 2.14. The van der Waals surface area contributed by atoms with Gasteiger partial charge in [-0.15, -0.1) is 0 Å². The van der Waals surface area contributed by atoms with Gasteiger partial charge >= 0.3 is 11.9 Å². The molecular formula is C18H16O5. The normalized spacial score (nSPS) is 10.0. The summed E-state index contributed by atoms with van der Waals surface area (Å²) in [7, 11) is 1.31. The summed E-state index contributed by atoms with van der Waals surface area (Å²) in [6.07, 6.45) is 0. The molecule has 0 bridgehead atoms. The lowest BCUT2D eigenvalue weighted by atomic mass is 9.96. The molecule has 0 saturated heterocycles. The van der Waals surface area contributed by atoms with Crippen LogP contribution >= 0.6 is 0 Å². The van der Waals surface area contributed by atoms with Gasteiger partial charge in [0.25, 0.3) is 5.78 Å². The molecule has 0 heterocycles. The molecular weight excluding hydrogens is 296 g/mol. The number of carbonyl (C=O) groups is 3. The van der Waals surface area contributed by atoms with Crippen LogP contribution in [0.2, 0.25) is 0 Å². The predicted molar refractivity (Wildman–Crippen MR) is 84.2 cm³/mol. The number of hydrogen-bond donors (Lipinski definition) is 0. The molecule has 23 heavy (non-hydrogen) atoms. The molecule has 0 spiro atoms. The average molecular weight is 312 g/mol. The molecule has 0 aliphatic heterocycles. The van der Waals surface area contributed by atoms with Crippen LogP contribution in [0.4, 0.5) is 0 Å². The quantitative estimate of drug-likeness (QED) is 0.482. The van der Waals surface area contributed by atoms with Crippen molar-refractivity contribution < 1.29 is 23.9 Å². The van der Waals surface area contributed by atoms with E-state index in [-0.39, 0.29) is 12.2 Å². The van der Waals surface area contributed by atoms with E-state index in [1.165, 1.54) is 7.11 Å². The molecule has 2 aromatic carbocycles. The summed E-state index contributed by atoms with van der Waals surface area (Å²) in [5.74, 6) is -2.02. The Morgan fingerprint density at radius 1 is 0.957 bits per heavy atom. The highest BCUT2D eigenvalue weighted by Gasteiger charge is 2.21. The molecule has 0 aliphatic rings. The number of Topliss-reactive ketones (excluding diaryl/α,β-unsaturated/α-hetero) is 1. The van der Waals surface area contributed by atoms with Gasteiger partial charge in [0.15, 0.2) is 0 Å². The lowest BCUT2D eigenvalue weighted by molar-refractivity contribution is -0.137. The second kappa shape index (κ2) is 7.35. The minimum Gasteiger partial charge on any atom is -0.465 e. The van der Waals surface area contributed by atoms with Gasteiger partial charge in [-0.25, -0.2) is 9.59 Å². The van der Waals surface area contributed by atoms with E-state index in [4.69, 9.17) is 4.74 Å².